The Morgan fingerprint density at radius 2 is 2.18 bits per heavy atom. The van der Waals surface area contributed by atoms with Crippen molar-refractivity contribution in [3.05, 3.63) is 17.9 Å². The number of halogens is 1. The van der Waals surface area contributed by atoms with Crippen molar-refractivity contribution < 1.29 is 13.9 Å². The van der Waals surface area contributed by atoms with Crippen LogP contribution in [0.4, 0.5) is 10.1 Å². The van der Waals surface area contributed by atoms with Crippen LogP contribution in [-0.2, 0) is 0 Å². The number of hydrogen-bond donors (Lipinski definition) is 1. The number of anilines is 1. The monoisotopic (exact) mass is 155 g/mol. The summed E-state index contributed by atoms with van der Waals surface area (Å²) in [6.07, 6.45) is 0. The maximum atomic E-state index is 12.7. The number of ether oxygens (including phenoxy) is 2. The summed E-state index contributed by atoms with van der Waals surface area (Å²) in [5.41, 5.74) is 5.37. The maximum Gasteiger partial charge on any atom is 0.231 e. The Morgan fingerprint density at radius 3 is 3.00 bits per heavy atom. The second kappa shape index (κ2) is 2.02. The Hall–Kier alpha value is -1.45. The molecular formula is C7H6FNO2. The Labute approximate surface area is 62.5 Å². The van der Waals surface area contributed by atoms with Gasteiger partial charge in [0.25, 0.3) is 0 Å². The molecule has 0 saturated heterocycles. The van der Waals surface area contributed by atoms with E-state index in [1.54, 1.807) is 0 Å². The SMILES string of the molecule is Nc1c(F)ccc2c1OCO2. The van der Waals surface area contributed by atoms with Crippen molar-refractivity contribution in [2.75, 3.05) is 12.5 Å². The van der Waals surface area contributed by atoms with E-state index in [0.29, 0.717) is 11.5 Å². The molecule has 0 fully saturated rings. The van der Waals surface area contributed by atoms with Crippen LogP contribution in [0, 0.1) is 5.82 Å². The average Bonchev–Trinajstić information content (AvgIpc) is 2.45. The predicted molar refractivity (Wildman–Crippen MR) is 36.9 cm³/mol. The lowest BCUT2D eigenvalue weighted by Gasteiger charge is -1.99. The largest absolute Gasteiger partial charge is 0.454 e. The van der Waals surface area contributed by atoms with Gasteiger partial charge in [0.15, 0.2) is 11.5 Å². The molecule has 0 radical (unpaired) electrons. The molecule has 2 N–H and O–H groups in total. The van der Waals surface area contributed by atoms with E-state index in [-0.39, 0.29) is 12.5 Å². The van der Waals surface area contributed by atoms with Crippen LogP contribution < -0.4 is 15.2 Å². The van der Waals surface area contributed by atoms with E-state index in [2.05, 4.69) is 0 Å². The molecule has 3 nitrogen and oxygen atoms in total. The van der Waals surface area contributed by atoms with Crippen molar-refractivity contribution in [2.45, 2.75) is 0 Å². The molecule has 0 unspecified atom stereocenters. The smallest absolute Gasteiger partial charge is 0.231 e. The molecule has 2 rings (SSSR count). The van der Waals surface area contributed by atoms with Crippen LogP contribution in [0.25, 0.3) is 0 Å². The first-order valence-corrected chi connectivity index (χ1v) is 3.12. The van der Waals surface area contributed by atoms with Gasteiger partial charge in [-0.1, -0.05) is 0 Å². The number of nitrogen functional groups attached to an aromatic ring is 1. The molecule has 0 saturated carbocycles. The molecule has 1 aliphatic rings. The molecule has 58 valence electrons. The number of fused-ring (bicyclic) bond motifs is 1. The van der Waals surface area contributed by atoms with Gasteiger partial charge in [-0.25, -0.2) is 4.39 Å². The van der Waals surface area contributed by atoms with Gasteiger partial charge in [-0.15, -0.1) is 0 Å². The maximum absolute atomic E-state index is 12.7. The minimum absolute atomic E-state index is 0.0139. The third-order valence-electron chi connectivity index (χ3n) is 1.52. The molecule has 0 aliphatic carbocycles. The first-order chi connectivity index (χ1) is 5.29. The van der Waals surface area contributed by atoms with Gasteiger partial charge in [-0.2, -0.15) is 0 Å². The first-order valence-electron chi connectivity index (χ1n) is 3.12. The lowest BCUT2D eigenvalue weighted by atomic mass is 10.2. The summed E-state index contributed by atoms with van der Waals surface area (Å²) in [7, 11) is 0. The number of nitrogens with two attached hydrogens (primary N) is 1. The van der Waals surface area contributed by atoms with E-state index < -0.39 is 5.82 Å². The molecule has 0 amide bonds. The molecule has 0 atom stereocenters. The zero-order valence-electron chi connectivity index (χ0n) is 5.63. The summed E-state index contributed by atoms with van der Waals surface area (Å²) in [6, 6.07) is 2.75. The van der Waals surface area contributed by atoms with Gasteiger partial charge in [0.2, 0.25) is 6.79 Å². The minimum Gasteiger partial charge on any atom is -0.454 e. The predicted octanol–water partition coefficient (Wildman–Crippen LogP) is 1.14. The second-order valence-corrected chi connectivity index (χ2v) is 2.19. The summed E-state index contributed by atoms with van der Waals surface area (Å²) in [5, 5.41) is 0. The highest BCUT2D eigenvalue weighted by Crippen LogP contribution is 2.38. The van der Waals surface area contributed by atoms with Gasteiger partial charge in [-0.3, -0.25) is 0 Å². The number of rotatable bonds is 0. The van der Waals surface area contributed by atoms with Crippen LogP contribution >= 0.6 is 0 Å². The fourth-order valence-corrected chi connectivity index (χ4v) is 0.970. The molecule has 0 spiro atoms. The van der Waals surface area contributed by atoms with E-state index in [1.807, 2.05) is 0 Å². The zero-order chi connectivity index (χ0) is 7.84. The van der Waals surface area contributed by atoms with Gasteiger partial charge < -0.3 is 15.2 Å². The normalized spacial score (nSPS) is 13.5. The molecule has 11 heavy (non-hydrogen) atoms. The van der Waals surface area contributed by atoms with Crippen molar-refractivity contribution in [3.8, 4) is 11.5 Å². The second-order valence-electron chi connectivity index (χ2n) is 2.19. The van der Waals surface area contributed by atoms with Crippen molar-refractivity contribution in [2.24, 2.45) is 0 Å². The Morgan fingerprint density at radius 1 is 1.36 bits per heavy atom. The van der Waals surface area contributed by atoms with Crippen molar-refractivity contribution in [1.29, 1.82) is 0 Å². The number of benzene rings is 1. The van der Waals surface area contributed by atoms with E-state index in [0.717, 1.165) is 0 Å². The van der Waals surface area contributed by atoms with E-state index in [4.69, 9.17) is 15.2 Å². The van der Waals surface area contributed by atoms with Crippen LogP contribution in [0.5, 0.6) is 11.5 Å². The molecule has 1 aromatic rings. The third-order valence-corrected chi connectivity index (χ3v) is 1.52. The number of hydrogen-bond acceptors (Lipinski definition) is 3. The zero-order valence-corrected chi connectivity index (χ0v) is 5.63. The lowest BCUT2D eigenvalue weighted by molar-refractivity contribution is 0.174. The van der Waals surface area contributed by atoms with Crippen molar-refractivity contribution in [1.82, 2.24) is 0 Å². The van der Waals surface area contributed by atoms with Crippen LogP contribution in [0.1, 0.15) is 0 Å². The quantitative estimate of drug-likeness (QED) is 0.571. The van der Waals surface area contributed by atoms with Crippen LogP contribution in [0.2, 0.25) is 0 Å². The fraction of sp³-hybridized carbons (Fsp3) is 0.143. The summed E-state index contributed by atoms with van der Waals surface area (Å²) in [4.78, 5) is 0. The Bertz CT molecular complexity index is 301. The van der Waals surface area contributed by atoms with E-state index >= 15 is 0 Å². The molecule has 0 bridgehead atoms. The molecule has 0 aromatic heterocycles. The van der Waals surface area contributed by atoms with Gasteiger partial charge in [0.1, 0.15) is 11.5 Å². The highest BCUT2D eigenvalue weighted by molar-refractivity contribution is 5.61. The fourth-order valence-electron chi connectivity index (χ4n) is 0.970. The lowest BCUT2D eigenvalue weighted by Crippen LogP contribution is -1.95. The highest BCUT2D eigenvalue weighted by Gasteiger charge is 2.18. The topological polar surface area (TPSA) is 44.5 Å². The van der Waals surface area contributed by atoms with Crippen molar-refractivity contribution in [3.63, 3.8) is 0 Å². The summed E-state index contributed by atoms with van der Waals surface area (Å²) in [6.45, 7) is 0.114. The van der Waals surface area contributed by atoms with Gasteiger partial charge in [-0.05, 0) is 12.1 Å². The minimum atomic E-state index is -0.478. The first kappa shape index (κ1) is 6.27. The standard InChI is InChI=1S/C7H6FNO2/c8-4-1-2-5-7(6(4)9)11-3-10-5/h1-2H,3,9H2. The van der Waals surface area contributed by atoms with E-state index in [1.165, 1.54) is 12.1 Å². The molecular weight excluding hydrogens is 149 g/mol. The van der Waals surface area contributed by atoms with Crippen LogP contribution in [0.15, 0.2) is 12.1 Å². The molecule has 4 heteroatoms. The van der Waals surface area contributed by atoms with Gasteiger partial charge >= 0.3 is 0 Å². The van der Waals surface area contributed by atoms with Crippen molar-refractivity contribution >= 4 is 5.69 Å². The Balaban J connectivity index is 2.62. The molecule has 1 aliphatic heterocycles. The molecule has 1 aromatic carbocycles. The average molecular weight is 155 g/mol. The van der Waals surface area contributed by atoms with E-state index in [9.17, 15) is 4.39 Å². The van der Waals surface area contributed by atoms with Crippen LogP contribution in [0.3, 0.4) is 0 Å². The summed E-state index contributed by atoms with van der Waals surface area (Å²) >= 11 is 0. The summed E-state index contributed by atoms with van der Waals surface area (Å²) < 4.78 is 22.6. The van der Waals surface area contributed by atoms with Gasteiger partial charge in [0.05, 0.1) is 0 Å². The highest BCUT2D eigenvalue weighted by atomic mass is 19.1. The summed E-state index contributed by atoms with van der Waals surface area (Å²) in [5.74, 6) is 0.336. The van der Waals surface area contributed by atoms with Gasteiger partial charge in [0, 0.05) is 0 Å². The molecule has 1 heterocycles. The Kier molecular flexibility index (Phi) is 1.15. The van der Waals surface area contributed by atoms with Crippen LogP contribution in [-0.4, -0.2) is 6.79 Å². The third kappa shape index (κ3) is 0.790.